The zero-order valence-electron chi connectivity index (χ0n) is 11.2. The Hall–Kier alpha value is -0.196. The maximum Gasteiger partial charge on any atom is 0 e. The number of fused-ring (bicyclic) bond motifs is 1. The van der Waals surface area contributed by atoms with Crippen LogP contribution in [0.15, 0.2) is 48.5 Å². The van der Waals surface area contributed by atoms with Crippen molar-refractivity contribution < 1.29 is 32.7 Å². The van der Waals surface area contributed by atoms with Crippen molar-refractivity contribution in [1.82, 2.24) is 0 Å². The molecule has 0 saturated heterocycles. The fraction of sp³-hybridized carbons (Fsp3) is 0.267. The fourth-order valence-corrected chi connectivity index (χ4v) is 1.13. The SMILES string of the molecule is CC.CC.[CH3-].[Y].c1ccc2ccccc2c1. The number of hydrogen-bond acceptors (Lipinski definition) is 0. The van der Waals surface area contributed by atoms with Crippen molar-refractivity contribution in [1.29, 1.82) is 0 Å². The van der Waals surface area contributed by atoms with Crippen molar-refractivity contribution in [3.63, 3.8) is 0 Å². The molecule has 1 radical (unpaired) electrons. The molecule has 0 aliphatic rings. The van der Waals surface area contributed by atoms with Crippen LogP contribution in [0.2, 0.25) is 0 Å². The van der Waals surface area contributed by atoms with Gasteiger partial charge in [-0.15, -0.1) is 0 Å². The Morgan fingerprint density at radius 2 is 0.750 bits per heavy atom. The van der Waals surface area contributed by atoms with E-state index >= 15 is 0 Å². The van der Waals surface area contributed by atoms with E-state index < -0.39 is 0 Å². The van der Waals surface area contributed by atoms with Gasteiger partial charge >= 0.3 is 0 Å². The van der Waals surface area contributed by atoms with Gasteiger partial charge in [0, 0.05) is 32.7 Å². The van der Waals surface area contributed by atoms with E-state index in [0.717, 1.165) is 0 Å². The van der Waals surface area contributed by atoms with Crippen LogP contribution in [0.3, 0.4) is 0 Å². The van der Waals surface area contributed by atoms with E-state index in [9.17, 15) is 0 Å². The van der Waals surface area contributed by atoms with Gasteiger partial charge in [0.2, 0.25) is 0 Å². The standard InChI is InChI=1S/C10H8.2C2H6.CH3.Y/c1-2-6-10-8-4-3-7-9(10)5-1;2*1-2;;/h1-8H;2*1-2H3;1H3;/q;;;-1;. The summed E-state index contributed by atoms with van der Waals surface area (Å²) in [5.74, 6) is 0. The van der Waals surface area contributed by atoms with Crippen LogP contribution >= 0.6 is 0 Å². The maximum atomic E-state index is 2.12. The van der Waals surface area contributed by atoms with Gasteiger partial charge in [-0.2, -0.15) is 0 Å². The van der Waals surface area contributed by atoms with Gasteiger partial charge in [0.15, 0.2) is 0 Å². The first kappa shape index (κ1) is 21.1. The maximum absolute atomic E-state index is 2.12. The molecule has 0 atom stereocenters. The molecule has 2 rings (SSSR count). The molecule has 2 aromatic carbocycles. The Labute approximate surface area is 126 Å². The molecule has 0 fully saturated rings. The molecule has 0 heterocycles. The smallest absolute Gasteiger partial charge is 0 e. The van der Waals surface area contributed by atoms with Crippen LogP contribution in [0.5, 0.6) is 0 Å². The summed E-state index contributed by atoms with van der Waals surface area (Å²) in [5.41, 5.74) is 0. The monoisotopic (exact) mass is 292 g/mol. The Kier molecular flexibility index (Phi) is 19.5. The molecule has 0 spiro atoms. The van der Waals surface area contributed by atoms with E-state index in [1.54, 1.807) is 0 Å². The molecule has 0 N–H and O–H groups in total. The fourth-order valence-electron chi connectivity index (χ4n) is 1.13. The van der Waals surface area contributed by atoms with E-state index in [4.69, 9.17) is 0 Å². The van der Waals surface area contributed by atoms with Crippen LogP contribution in [-0.4, -0.2) is 0 Å². The van der Waals surface area contributed by atoms with E-state index in [1.807, 2.05) is 27.7 Å². The Morgan fingerprint density at radius 3 is 0.938 bits per heavy atom. The molecule has 0 aromatic heterocycles. The first-order valence-electron chi connectivity index (χ1n) is 5.40. The summed E-state index contributed by atoms with van der Waals surface area (Å²) in [6.07, 6.45) is 0. The van der Waals surface area contributed by atoms with Gasteiger partial charge in [-0.05, 0) is 10.8 Å². The molecule has 0 unspecified atom stereocenters. The van der Waals surface area contributed by atoms with E-state index in [2.05, 4.69) is 48.5 Å². The molecular weight excluding hydrogens is 269 g/mol. The molecule has 2 aromatic rings. The van der Waals surface area contributed by atoms with Crippen LogP contribution in [0, 0.1) is 7.43 Å². The summed E-state index contributed by atoms with van der Waals surface area (Å²) in [5, 5.41) is 2.62. The van der Waals surface area contributed by atoms with Crippen LogP contribution in [-0.2, 0) is 32.7 Å². The predicted molar refractivity (Wildman–Crippen MR) is 73.1 cm³/mol. The van der Waals surface area contributed by atoms with Gasteiger partial charge in [0.05, 0.1) is 0 Å². The summed E-state index contributed by atoms with van der Waals surface area (Å²) >= 11 is 0. The Balaban J connectivity index is -0.000000257. The van der Waals surface area contributed by atoms with Crippen molar-refractivity contribution in [3.8, 4) is 0 Å². The Morgan fingerprint density at radius 1 is 0.562 bits per heavy atom. The Bertz CT molecular complexity index is 276. The predicted octanol–water partition coefficient (Wildman–Crippen LogP) is 5.34. The zero-order valence-corrected chi connectivity index (χ0v) is 14.0. The molecule has 0 aliphatic heterocycles. The molecule has 0 nitrogen and oxygen atoms in total. The summed E-state index contributed by atoms with van der Waals surface area (Å²) in [6, 6.07) is 16.7. The molecule has 0 bridgehead atoms. The van der Waals surface area contributed by atoms with E-state index in [1.165, 1.54) is 10.8 Å². The number of rotatable bonds is 0. The average molecular weight is 292 g/mol. The first-order valence-corrected chi connectivity index (χ1v) is 5.40. The van der Waals surface area contributed by atoms with Gasteiger partial charge in [0.1, 0.15) is 0 Å². The summed E-state index contributed by atoms with van der Waals surface area (Å²) in [6.45, 7) is 8.00. The van der Waals surface area contributed by atoms with Crippen molar-refractivity contribution in [3.05, 3.63) is 56.0 Å². The van der Waals surface area contributed by atoms with Gasteiger partial charge in [-0.3, -0.25) is 0 Å². The van der Waals surface area contributed by atoms with Crippen molar-refractivity contribution in [2.45, 2.75) is 27.7 Å². The van der Waals surface area contributed by atoms with Crippen molar-refractivity contribution in [2.75, 3.05) is 0 Å². The van der Waals surface area contributed by atoms with Crippen molar-refractivity contribution in [2.24, 2.45) is 0 Å². The second-order valence-corrected chi connectivity index (χ2v) is 2.35. The van der Waals surface area contributed by atoms with Crippen molar-refractivity contribution >= 4 is 10.8 Å². The molecular formula is C15H23Y-. The number of hydrogen-bond donors (Lipinski definition) is 0. The molecule has 87 valence electrons. The first-order chi connectivity index (χ1) is 6.97. The van der Waals surface area contributed by atoms with Crippen LogP contribution in [0.25, 0.3) is 10.8 Å². The van der Waals surface area contributed by atoms with E-state index in [0.29, 0.717) is 0 Å². The summed E-state index contributed by atoms with van der Waals surface area (Å²) in [7, 11) is 0. The van der Waals surface area contributed by atoms with Crippen LogP contribution in [0.4, 0.5) is 0 Å². The molecule has 0 amide bonds. The molecule has 0 aliphatic carbocycles. The second kappa shape index (κ2) is 14.8. The largest absolute Gasteiger partial charge is 0.358 e. The van der Waals surface area contributed by atoms with Gasteiger partial charge in [0.25, 0.3) is 0 Å². The minimum absolute atomic E-state index is 0. The third-order valence-electron chi connectivity index (χ3n) is 1.66. The minimum atomic E-state index is 0. The molecule has 1 heteroatoms. The third kappa shape index (κ3) is 7.14. The van der Waals surface area contributed by atoms with Crippen LogP contribution in [0.1, 0.15) is 27.7 Å². The van der Waals surface area contributed by atoms with E-state index in [-0.39, 0.29) is 40.1 Å². The van der Waals surface area contributed by atoms with Gasteiger partial charge < -0.3 is 7.43 Å². The quantitative estimate of drug-likeness (QED) is 0.575. The van der Waals surface area contributed by atoms with Gasteiger partial charge in [-0.25, -0.2) is 0 Å². The summed E-state index contributed by atoms with van der Waals surface area (Å²) < 4.78 is 0. The van der Waals surface area contributed by atoms with Crippen LogP contribution < -0.4 is 0 Å². The topological polar surface area (TPSA) is 0 Å². The normalized spacial score (nSPS) is 7.00. The molecule has 16 heavy (non-hydrogen) atoms. The minimum Gasteiger partial charge on any atom is -0.358 e. The van der Waals surface area contributed by atoms with Gasteiger partial charge in [-0.1, -0.05) is 76.2 Å². The summed E-state index contributed by atoms with van der Waals surface area (Å²) in [4.78, 5) is 0. The third-order valence-corrected chi connectivity index (χ3v) is 1.66. The average Bonchev–Trinajstić information content (AvgIpc) is 2.34. The second-order valence-electron chi connectivity index (χ2n) is 2.35. The molecule has 0 saturated carbocycles. The zero-order chi connectivity index (χ0) is 10.8. The number of benzene rings is 2.